The van der Waals surface area contributed by atoms with Gasteiger partial charge in [-0.25, -0.2) is 0 Å². The summed E-state index contributed by atoms with van der Waals surface area (Å²) in [5, 5.41) is 2.76. The number of amides is 2. The minimum Gasteiger partial charge on any atom is -0.354 e. The number of nitrogens with zero attached hydrogens (tertiary/aromatic N) is 1. The van der Waals surface area contributed by atoms with Crippen molar-refractivity contribution in [1.29, 1.82) is 0 Å². The number of likely N-dealkylation sites (N-methyl/N-ethyl adjacent to an activating group) is 1. The Morgan fingerprint density at radius 1 is 1.31 bits per heavy atom. The molecule has 0 bridgehead atoms. The van der Waals surface area contributed by atoms with Gasteiger partial charge >= 0.3 is 0 Å². The molecule has 16 heavy (non-hydrogen) atoms. The van der Waals surface area contributed by atoms with E-state index in [1.807, 2.05) is 13.8 Å². The third-order valence-electron chi connectivity index (χ3n) is 2.12. The molecule has 94 valence electrons. The average molecular weight is 249 g/mol. The summed E-state index contributed by atoms with van der Waals surface area (Å²) in [6.07, 6.45) is 0. The normalized spacial score (nSPS) is 12.4. The SMILES string of the molecule is CC(C)CNC(=O)CN(C)C(=O)C(C)CCl. The highest BCUT2D eigenvalue weighted by molar-refractivity contribution is 6.19. The van der Waals surface area contributed by atoms with Gasteiger partial charge in [-0.3, -0.25) is 9.59 Å². The van der Waals surface area contributed by atoms with E-state index in [4.69, 9.17) is 11.6 Å². The molecule has 1 atom stereocenters. The van der Waals surface area contributed by atoms with Crippen LogP contribution in [0.25, 0.3) is 0 Å². The minimum atomic E-state index is -0.246. The van der Waals surface area contributed by atoms with E-state index in [-0.39, 0.29) is 30.2 Å². The maximum absolute atomic E-state index is 11.6. The number of nitrogens with one attached hydrogen (secondary N) is 1. The Hall–Kier alpha value is -0.770. The Labute approximate surface area is 102 Å². The number of rotatable bonds is 6. The van der Waals surface area contributed by atoms with E-state index >= 15 is 0 Å². The number of hydrogen-bond acceptors (Lipinski definition) is 2. The fourth-order valence-corrected chi connectivity index (χ4v) is 1.24. The summed E-state index contributed by atoms with van der Waals surface area (Å²) in [6, 6.07) is 0. The second-order valence-corrected chi connectivity index (χ2v) is 4.76. The number of carbonyl (C=O) groups excluding carboxylic acids is 2. The number of alkyl halides is 1. The lowest BCUT2D eigenvalue weighted by molar-refractivity contribution is -0.137. The number of hydrogen-bond donors (Lipinski definition) is 1. The molecule has 0 heterocycles. The monoisotopic (exact) mass is 248 g/mol. The summed E-state index contributed by atoms with van der Waals surface area (Å²) < 4.78 is 0. The van der Waals surface area contributed by atoms with Gasteiger partial charge in [0.2, 0.25) is 11.8 Å². The summed E-state index contributed by atoms with van der Waals surface area (Å²) in [4.78, 5) is 24.4. The van der Waals surface area contributed by atoms with Crippen LogP contribution in [0.4, 0.5) is 0 Å². The molecule has 0 aromatic heterocycles. The molecule has 0 rings (SSSR count). The lowest BCUT2D eigenvalue weighted by Gasteiger charge is -2.20. The molecule has 0 radical (unpaired) electrons. The molecule has 0 saturated carbocycles. The van der Waals surface area contributed by atoms with Gasteiger partial charge < -0.3 is 10.2 Å². The van der Waals surface area contributed by atoms with Gasteiger partial charge in [0.25, 0.3) is 0 Å². The molecule has 4 nitrogen and oxygen atoms in total. The molecule has 1 N–H and O–H groups in total. The van der Waals surface area contributed by atoms with Crippen molar-refractivity contribution in [2.75, 3.05) is 26.0 Å². The van der Waals surface area contributed by atoms with Crippen molar-refractivity contribution in [3.05, 3.63) is 0 Å². The van der Waals surface area contributed by atoms with E-state index in [0.29, 0.717) is 12.5 Å². The maximum atomic E-state index is 11.6. The molecule has 1 unspecified atom stereocenters. The van der Waals surface area contributed by atoms with Crippen molar-refractivity contribution in [2.45, 2.75) is 20.8 Å². The molecule has 0 aliphatic heterocycles. The Bertz CT molecular complexity index is 244. The van der Waals surface area contributed by atoms with Crippen LogP contribution in [-0.4, -0.2) is 42.7 Å². The van der Waals surface area contributed by atoms with Gasteiger partial charge in [-0.05, 0) is 5.92 Å². The quantitative estimate of drug-likeness (QED) is 0.716. The fourth-order valence-electron chi connectivity index (χ4n) is 1.11. The summed E-state index contributed by atoms with van der Waals surface area (Å²) in [7, 11) is 1.61. The Morgan fingerprint density at radius 3 is 2.31 bits per heavy atom. The third kappa shape index (κ3) is 5.95. The van der Waals surface area contributed by atoms with Crippen molar-refractivity contribution >= 4 is 23.4 Å². The van der Waals surface area contributed by atoms with Crippen LogP contribution in [-0.2, 0) is 9.59 Å². The van der Waals surface area contributed by atoms with E-state index in [2.05, 4.69) is 5.32 Å². The van der Waals surface area contributed by atoms with E-state index in [1.165, 1.54) is 4.90 Å². The Balaban J connectivity index is 3.99. The summed E-state index contributed by atoms with van der Waals surface area (Å²) in [6.45, 7) is 6.51. The molecule has 0 saturated heterocycles. The smallest absolute Gasteiger partial charge is 0.239 e. The largest absolute Gasteiger partial charge is 0.354 e. The van der Waals surface area contributed by atoms with Crippen molar-refractivity contribution in [2.24, 2.45) is 11.8 Å². The van der Waals surface area contributed by atoms with Gasteiger partial charge in [0, 0.05) is 25.4 Å². The van der Waals surface area contributed by atoms with Crippen LogP contribution in [0.2, 0.25) is 0 Å². The van der Waals surface area contributed by atoms with Crippen LogP contribution < -0.4 is 5.32 Å². The molecule has 0 aliphatic carbocycles. The number of halogens is 1. The molecule has 0 aliphatic rings. The molecule has 0 spiro atoms. The van der Waals surface area contributed by atoms with Gasteiger partial charge in [-0.15, -0.1) is 11.6 Å². The van der Waals surface area contributed by atoms with E-state index in [9.17, 15) is 9.59 Å². The van der Waals surface area contributed by atoms with E-state index in [1.54, 1.807) is 14.0 Å². The van der Waals surface area contributed by atoms with Crippen LogP contribution in [0.3, 0.4) is 0 Å². The van der Waals surface area contributed by atoms with Gasteiger partial charge in [0.1, 0.15) is 0 Å². The minimum absolute atomic E-state index is 0.0901. The fraction of sp³-hybridized carbons (Fsp3) is 0.818. The summed E-state index contributed by atoms with van der Waals surface area (Å²) >= 11 is 5.58. The number of carbonyl (C=O) groups is 2. The standard InChI is InChI=1S/C11H21ClN2O2/c1-8(2)6-13-10(15)7-14(4)11(16)9(3)5-12/h8-9H,5-7H2,1-4H3,(H,13,15). The van der Waals surface area contributed by atoms with E-state index in [0.717, 1.165) is 0 Å². The highest BCUT2D eigenvalue weighted by Crippen LogP contribution is 2.02. The first-order chi connectivity index (χ1) is 7.38. The highest BCUT2D eigenvalue weighted by Gasteiger charge is 2.18. The lowest BCUT2D eigenvalue weighted by atomic mass is 10.2. The molecule has 2 amide bonds. The first-order valence-corrected chi connectivity index (χ1v) is 5.99. The van der Waals surface area contributed by atoms with Crippen LogP contribution in [0, 0.1) is 11.8 Å². The van der Waals surface area contributed by atoms with Gasteiger partial charge in [-0.2, -0.15) is 0 Å². The average Bonchev–Trinajstić information content (AvgIpc) is 2.24. The van der Waals surface area contributed by atoms with Crippen LogP contribution in [0.1, 0.15) is 20.8 Å². The van der Waals surface area contributed by atoms with Gasteiger partial charge in [-0.1, -0.05) is 20.8 Å². The molecule has 5 heteroatoms. The first-order valence-electron chi connectivity index (χ1n) is 5.46. The zero-order valence-corrected chi connectivity index (χ0v) is 11.2. The van der Waals surface area contributed by atoms with Crippen LogP contribution in [0.15, 0.2) is 0 Å². The summed E-state index contributed by atoms with van der Waals surface area (Å²) in [5.74, 6) is 0.203. The van der Waals surface area contributed by atoms with Gasteiger partial charge in [0.05, 0.1) is 6.54 Å². The second kappa shape index (κ2) is 7.49. The predicted molar refractivity (Wildman–Crippen MR) is 65.4 cm³/mol. The zero-order valence-electron chi connectivity index (χ0n) is 10.4. The first kappa shape index (κ1) is 15.2. The van der Waals surface area contributed by atoms with Crippen molar-refractivity contribution in [3.63, 3.8) is 0 Å². The Kier molecular flexibility index (Phi) is 7.13. The third-order valence-corrected chi connectivity index (χ3v) is 2.58. The highest BCUT2D eigenvalue weighted by atomic mass is 35.5. The predicted octanol–water partition coefficient (Wildman–Crippen LogP) is 1.09. The maximum Gasteiger partial charge on any atom is 0.239 e. The molecular formula is C11H21ClN2O2. The Morgan fingerprint density at radius 2 is 1.88 bits per heavy atom. The molecule has 0 aromatic carbocycles. The van der Waals surface area contributed by atoms with Crippen LogP contribution >= 0.6 is 11.6 Å². The van der Waals surface area contributed by atoms with E-state index < -0.39 is 0 Å². The van der Waals surface area contributed by atoms with Gasteiger partial charge in [0.15, 0.2) is 0 Å². The topological polar surface area (TPSA) is 49.4 Å². The lowest BCUT2D eigenvalue weighted by Crippen LogP contribution is -2.41. The molecule has 0 fully saturated rings. The van der Waals surface area contributed by atoms with Crippen molar-refractivity contribution in [3.8, 4) is 0 Å². The van der Waals surface area contributed by atoms with Crippen molar-refractivity contribution < 1.29 is 9.59 Å². The zero-order chi connectivity index (χ0) is 12.7. The second-order valence-electron chi connectivity index (χ2n) is 4.45. The van der Waals surface area contributed by atoms with Crippen LogP contribution in [0.5, 0.6) is 0 Å². The molecular weight excluding hydrogens is 228 g/mol. The summed E-state index contributed by atoms with van der Waals surface area (Å²) in [5.41, 5.74) is 0. The van der Waals surface area contributed by atoms with Crippen molar-refractivity contribution in [1.82, 2.24) is 10.2 Å². The molecule has 0 aromatic rings.